The van der Waals surface area contributed by atoms with Crippen molar-refractivity contribution in [1.82, 2.24) is 4.90 Å². The second-order valence-electron chi connectivity index (χ2n) is 5.80. The van der Waals surface area contributed by atoms with Crippen LogP contribution < -0.4 is 5.73 Å². The molecule has 23 heavy (non-hydrogen) atoms. The molecule has 2 N–H and O–H groups in total. The molecule has 122 valence electrons. The van der Waals surface area contributed by atoms with Gasteiger partial charge in [-0.25, -0.2) is 0 Å². The van der Waals surface area contributed by atoms with E-state index in [1.54, 1.807) is 0 Å². The minimum Gasteiger partial charge on any atom is -0.399 e. The Morgan fingerprint density at radius 1 is 1.13 bits per heavy atom. The van der Waals surface area contributed by atoms with Gasteiger partial charge in [-0.15, -0.1) is 12.4 Å². The first kappa shape index (κ1) is 17.8. The molecular formula is C18H20BrClN2O. The molecule has 3 rings (SSSR count). The van der Waals surface area contributed by atoms with E-state index in [0.29, 0.717) is 19.0 Å². The molecule has 0 bridgehead atoms. The summed E-state index contributed by atoms with van der Waals surface area (Å²) >= 11 is 3.49. The Bertz CT molecular complexity index is 671. The van der Waals surface area contributed by atoms with Gasteiger partial charge in [0.25, 0.3) is 0 Å². The van der Waals surface area contributed by atoms with Crippen LogP contribution in [0, 0.1) is 0 Å². The van der Waals surface area contributed by atoms with E-state index < -0.39 is 0 Å². The first-order valence-corrected chi connectivity index (χ1v) is 8.29. The number of anilines is 1. The van der Waals surface area contributed by atoms with Crippen LogP contribution in [0.5, 0.6) is 0 Å². The molecule has 2 aromatic rings. The number of rotatable bonds is 5. The molecule has 2 aromatic carbocycles. The summed E-state index contributed by atoms with van der Waals surface area (Å²) in [7, 11) is 0. The Morgan fingerprint density at radius 3 is 2.43 bits per heavy atom. The molecule has 0 atom stereocenters. The first-order chi connectivity index (χ1) is 10.6. The number of carbonyl (C=O) groups excluding carboxylic acids is 1. The van der Waals surface area contributed by atoms with Crippen LogP contribution in [0.3, 0.4) is 0 Å². The van der Waals surface area contributed by atoms with E-state index in [0.717, 1.165) is 34.1 Å². The van der Waals surface area contributed by atoms with E-state index in [9.17, 15) is 4.79 Å². The van der Waals surface area contributed by atoms with Crippen LogP contribution in [0.25, 0.3) is 0 Å². The molecule has 1 saturated carbocycles. The summed E-state index contributed by atoms with van der Waals surface area (Å²) in [5.41, 5.74) is 8.59. The molecule has 0 unspecified atom stereocenters. The molecule has 5 heteroatoms. The van der Waals surface area contributed by atoms with Gasteiger partial charge in [0.2, 0.25) is 5.91 Å². The van der Waals surface area contributed by atoms with Gasteiger partial charge in [-0.05, 0) is 48.2 Å². The number of halogens is 2. The summed E-state index contributed by atoms with van der Waals surface area (Å²) in [6.45, 7) is 0.678. The highest BCUT2D eigenvalue weighted by molar-refractivity contribution is 9.10. The van der Waals surface area contributed by atoms with E-state index in [2.05, 4.69) is 28.1 Å². The SMILES string of the molecule is Cl.Nc1ccc(CC(=O)N(Cc2cccc(Br)c2)C2CC2)cc1. The zero-order chi connectivity index (χ0) is 15.5. The van der Waals surface area contributed by atoms with E-state index in [4.69, 9.17) is 5.73 Å². The number of hydrogen-bond donors (Lipinski definition) is 1. The molecule has 1 aliphatic carbocycles. The maximum absolute atomic E-state index is 12.7. The zero-order valence-electron chi connectivity index (χ0n) is 12.7. The predicted molar refractivity (Wildman–Crippen MR) is 99.5 cm³/mol. The van der Waals surface area contributed by atoms with Crippen molar-refractivity contribution in [3.63, 3.8) is 0 Å². The van der Waals surface area contributed by atoms with Crippen LogP contribution in [0.15, 0.2) is 53.0 Å². The van der Waals surface area contributed by atoms with Crippen LogP contribution in [0.1, 0.15) is 24.0 Å². The molecule has 0 aromatic heterocycles. The molecular weight excluding hydrogens is 376 g/mol. The van der Waals surface area contributed by atoms with Gasteiger partial charge >= 0.3 is 0 Å². The first-order valence-electron chi connectivity index (χ1n) is 7.50. The third-order valence-electron chi connectivity index (χ3n) is 3.89. The summed E-state index contributed by atoms with van der Waals surface area (Å²) in [5.74, 6) is 0.187. The normalized spacial score (nSPS) is 13.3. The Labute approximate surface area is 151 Å². The second kappa shape index (κ2) is 7.84. The maximum atomic E-state index is 12.7. The van der Waals surface area contributed by atoms with Crippen LogP contribution in [0.4, 0.5) is 5.69 Å². The van der Waals surface area contributed by atoms with Crippen molar-refractivity contribution in [2.24, 2.45) is 0 Å². The highest BCUT2D eigenvalue weighted by atomic mass is 79.9. The van der Waals surface area contributed by atoms with Crippen molar-refractivity contribution in [2.75, 3.05) is 5.73 Å². The van der Waals surface area contributed by atoms with E-state index in [1.807, 2.05) is 41.3 Å². The van der Waals surface area contributed by atoms with Crippen molar-refractivity contribution in [1.29, 1.82) is 0 Å². The molecule has 0 heterocycles. The third-order valence-corrected chi connectivity index (χ3v) is 4.38. The Hall–Kier alpha value is -1.52. The number of carbonyl (C=O) groups is 1. The van der Waals surface area contributed by atoms with Crippen molar-refractivity contribution < 1.29 is 4.79 Å². The Balaban J connectivity index is 0.00000192. The topological polar surface area (TPSA) is 46.3 Å². The van der Waals surface area contributed by atoms with Crippen LogP contribution in [-0.2, 0) is 17.8 Å². The molecule has 0 aliphatic heterocycles. The quantitative estimate of drug-likeness (QED) is 0.772. The fraction of sp³-hybridized carbons (Fsp3) is 0.278. The average Bonchev–Trinajstić information content (AvgIpc) is 3.32. The number of nitrogens with zero attached hydrogens (tertiary/aromatic N) is 1. The van der Waals surface area contributed by atoms with Crippen LogP contribution in [0.2, 0.25) is 0 Å². The van der Waals surface area contributed by atoms with Crippen LogP contribution >= 0.6 is 28.3 Å². The largest absolute Gasteiger partial charge is 0.399 e. The van der Waals surface area contributed by atoms with Gasteiger partial charge in [-0.2, -0.15) is 0 Å². The molecule has 3 nitrogen and oxygen atoms in total. The summed E-state index contributed by atoms with van der Waals surface area (Å²) in [6.07, 6.45) is 2.66. The van der Waals surface area contributed by atoms with Crippen LogP contribution in [-0.4, -0.2) is 16.8 Å². The minimum atomic E-state index is 0. The van der Waals surface area contributed by atoms with Crippen molar-refractivity contribution >= 4 is 39.9 Å². The molecule has 1 aliphatic rings. The van der Waals surface area contributed by atoms with Gasteiger partial charge < -0.3 is 10.6 Å². The van der Waals surface area contributed by atoms with Crippen molar-refractivity contribution in [3.05, 3.63) is 64.1 Å². The lowest BCUT2D eigenvalue weighted by atomic mass is 10.1. The number of nitrogen functional groups attached to an aromatic ring is 1. The van der Waals surface area contributed by atoms with Gasteiger partial charge in [0, 0.05) is 22.7 Å². The second-order valence-corrected chi connectivity index (χ2v) is 6.72. The van der Waals surface area contributed by atoms with Crippen molar-refractivity contribution in [3.8, 4) is 0 Å². The standard InChI is InChI=1S/C18H19BrN2O.ClH/c19-15-3-1-2-14(10-15)12-21(17-8-9-17)18(22)11-13-4-6-16(20)7-5-13;/h1-7,10,17H,8-9,11-12,20H2;1H. The van der Waals surface area contributed by atoms with Gasteiger partial charge in [0.05, 0.1) is 6.42 Å². The van der Waals surface area contributed by atoms with Gasteiger partial charge in [-0.3, -0.25) is 4.79 Å². The zero-order valence-corrected chi connectivity index (χ0v) is 15.1. The van der Waals surface area contributed by atoms with Gasteiger partial charge in [-0.1, -0.05) is 40.2 Å². The molecule has 1 fully saturated rings. The fourth-order valence-corrected chi connectivity index (χ4v) is 3.00. The van der Waals surface area contributed by atoms with Gasteiger partial charge in [0.15, 0.2) is 0 Å². The molecule has 1 amide bonds. The molecule has 0 saturated heterocycles. The molecule has 0 radical (unpaired) electrons. The third kappa shape index (κ3) is 4.98. The minimum absolute atomic E-state index is 0. The smallest absolute Gasteiger partial charge is 0.227 e. The lowest BCUT2D eigenvalue weighted by molar-refractivity contribution is -0.131. The lowest BCUT2D eigenvalue weighted by Gasteiger charge is -2.23. The Morgan fingerprint density at radius 2 is 1.83 bits per heavy atom. The van der Waals surface area contributed by atoms with E-state index in [1.165, 1.54) is 0 Å². The van der Waals surface area contributed by atoms with E-state index >= 15 is 0 Å². The summed E-state index contributed by atoms with van der Waals surface area (Å²) in [4.78, 5) is 14.7. The number of hydrogen-bond acceptors (Lipinski definition) is 2. The van der Waals surface area contributed by atoms with Gasteiger partial charge in [0.1, 0.15) is 0 Å². The number of benzene rings is 2. The van der Waals surface area contributed by atoms with E-state index in [-0.39, 0.29) is 18.3 Å². The molecule has 0 spiro atoms. The number of nitrogens with two attached hydrogens (primary N) is 1. The summed E-state index contributed by atoms with van der Waals surface area (Å²) in [6, 6.07) is 16.1. The fourth-order valence-electron chi connectivity index (χ4n) is 2.55. The van der Waals surface area contributed by atoms with Crippen molar-refractivity contribution in [2.45, 2.75) is 31.8 Å². The highest BCUT2D eigenvalue weighted by Gasteiger charge is 2.32. The highest BCUT2D eigenvalue weighted by Crippen LogP contribution is 2.29. The number of amides is 1. The predicted octanol–water partition coefficient (Wildman–Crippen LogP) is 4.19. The summed E-state index contributed by atoms with van der Waals surface area (Å²) < 4.78 is 1.05. The lowest BCUT2D eigenvalue weighted by Crippen LogP contribution is -2.33. The summed E-state index contributed by atoms with van der Waals surface area (Å²) in [5, 5.41) is 0. The monoisotopic (exact) mass is 394 g/mol. The average molecular weight is 396 g/mol. The maximum Gasteiger partial charge on any atom is 0.227 e. The Kier molecular flexibility index (Phi) is 6.08.